The van der Waals surface area contributed by atoms with Crippen molar-refractivity contribution in [1.29, 1.82) is 0 Å². The Morgan fingerprint density at radius 1 is 1.03 bits per heavy atom. The van der Waals surface area contributed by atoms with Crippen LogP contribution < -0.4 is 0 Å². The summed E-state index contributed by atoms with van der Waals surface area (Å²) in [7, 11) is 0. The van der Waals surface area contributed by atoms with Crippen molar-refractivity contribution in [2.24, 2.45) is 0 Å². The van der Waals surface area contributed by atoms with Crippen molar-refractivity contribution in [3.63, 3.8) is 0 Å². The normalized spacial score (nSPS) is 19.3. The van der Waals surface area contributed by atoms with Crippen molar-refractivity contribution in [2.75, 3.05) is 25.4 Å². The first kappa shape index (κ1) is 19.6. The third-order valence-corrected chi connectivity index (χ3v) is 6.48. The van der Waals surface area contributed by atoms with Gasteiger partial charge < -0.3 is 4.90 Å². The molecule has 150 valence electrons. The lowest BCUT2D eigenvalue weighted by Gasteiger charge is -2.23. The van der Waals surface area contributed by atoms with Crippen LogP contribution in [0.5, 0.6) is 0 Å². The monoisotopic (exact) mass is 416 g/mol. The van der Waals surface area contributed by atoms with E-state index in [1.807, 2.05) is 0 Å². The molecule has 8 heteroatoms. The Labute approximate surface area is 170 Å². The van der Waals surface area contributed by atoms with Gasteiger partial charge >= 0.3 is 0 Å². The number of carbonyl (C=O) groups is 3. The largest absolute Gasteiger partial charge is 0.340 e. The number of nitrogens with zero attached hydrogens (tertiary/aromatic N) is 2. The van der Waals surface area contributed by atoms with Gasteiger partial charge in [0, 0.05) is 29.7 Å². The molecule has 29 heavy (non-hydrogen) atoms. The molecule has 1 saturated heterocycles. The van der Waals surface area contributed by atoms with Crippen molar-refractivity contribution < 1.29 is 23.2 Å². The molecule has 1 fully saturated rings. The van der Waals surface area contributed by atoms with Crippen molar-refractivity contribution in [1.82, 2.24) is 9.80 Å². The van der Waals surface area contributed by atoms with E-state index in [2.05, 4.69) is 0 Å². The van der Waals surface area contributed by atoms with E-state index in [0.29, 0.717) is 42.0 Å². The third kappa shape index (κ3) is 3.76. The first-order valence-corrected chi connectivity index (χ1v) is 10.3. The Morgan fingerprint density at radius 3 is 2.41 bits per heavy atom. The highest BCUT2D eigenvalue weighted by atomic mass is 32.2. The van der Waals surface area contributed by atoms with Gasteiger partial charge in [-0.05, 0) is 36.8 Å². The van der Waals surface area contributed by atoms with Crippen molar-refractivity contribution in [3.05, 3.63) is 70.8 Å². The number of halogens is 2. The fourth-order valence-corrected chi connectivity index (χ4v) is 4.89. The van der Waals surface area contributed by atoms with E-state index < -0.39 is 23.4 Å². The first-order chi connectivity index (χ1) is 14.0. The minimum atomic E-state index is -0.496. The Morgan fingerprint density at radius 2 is 1.72 bits per heavy atom. The SMILES string of the molecule is O=C(CN1C(=O)c2ccccc2C1=O)N1CCSC(c2cc(F)ccc2F)CC1. The van der Waals surface area contributed by atoms with E-state index in [-0.39, 0.29) is 17.7 Å². The molecule has 0 aliphatic carbocycles. The van der Waals surface area contributed by atoms with Gasteiger partial charge in [-0.2, -0.15) is 11.8 Å². The van der Waals surface area contributed by atoms with Crippen LogP contribution in [0.1, 0.15) is 38.0 Å². The second kappa shape index (κ2) is 7.94. The molecular weight excluding hydrogens is 398 g/mol. The van der Waals surface area contributed by atoms with E-state index >= 15 is 0 Å². The lowest BCUT2D eigenvalue weighted by molar-refractivity contribution is -0.131. The van der Waals surface area contributed by atoms with Crippen molar-refractivity contribution in [2.45, 2.75) is 11.7 Å². The van der Waals surface area contributed by atoms with Crippen LogP contribution in [0.3, 0.4) is 0 Å². The Bertz CT molecular complexity index is 963. The number of benzene rings is 2. The molecular formula is C21H18F2N2O3S. The summed E-state index contributed by atoms with van der Waals surface area (Å²) in [6, 6.07) is 9.88. The van der Waals surface area contributed by atoms with E-state index in [4.69, 9.17) is 0 Å². The number of thioether (sulfide) groups is 1. The Hall–Kier alpha value is -2.74. The zero-order valence-electron chi connectivity index (χ0n) is 15.4. The second-order valence-corrected chi connectivity index (χ2v) is 8.25. The molecule has 0 spiro atoms. The molecule has 0 aromatic heterocycles. The Kier molecular flexibility index (Phi) is 5.36. The van der Waals surface area contributed by atoms with E-state index in [1.54, 1.807) is 29.2 Å². The molecule has 2 aromatic rings. The van der Waals surface area contributed by atoms with E-state index in [1.165, 1.54) is 17.8 Å². The smallest absolute Gasteiger partial charge is 0.262 e. The summed E-state index contributed by atoms with van der Waals surface area (Å²) < 4.78 is 27.6. The third-order valence-electron chi connectivity index (χ3n) is 5.17. The number of rotatable bonds is 3. The highest BCUT2D eigenvalue weighted by Crippen LogP contribution is 2.36. The predicted molar refractivity (Wildman–Crippen MR) is 105 cm³/mol. The average molecular weight is 416 g/mol. The predicted octanol–water partition coefficient (Wildman–Crippen LogP) is 3.27. The molecule has 0 saturated carbocycles. The molecule has 0 bridgehead atoms. The van der Waals surface area contributed by atoms with Gasteiger partial charge in [-0.3, -0.25) is 19.3 Å². The molecule has 4 rings (SSSR count). The first-order valence-electron chi connectivity index (χ1n) is 9.25. The van der Waals surface area contributed by atoms with E-state index in [9.17, 15) is 23.2 Å². The van der Waals surface area contributed by atoms with Gasteiger partial charge in [-0.15, -0.1) is 0 Å². The molecule has 1 atom stereocenters. The molecule has 0 N–H and O–H groups in total. The fraction of sp³-hybridized carbons (Fsp3) is 0.286. The molecule has 1 unspecified atom stereocenters. The number of amides is 3. The summed E-state index contributed by atoms with van der Waals surface area (Å²) in [6.07, 6.45) is 0.457. The van der Waals surface area contributed by atoms with Crippen LogP contribution in [0, 0.1) is 11.6 Å². The van der Waals surface area contributed by atoms with Crippen LogP contribution in [0.25, 0.3) is 0 Å². The minimum Gasteiger partial charge on any atom is -0.340 e. The number of hydrogen-bond acceptors (Lipinski definition) is 4. The van der Waals surface area contributed by atoms with Gasteiger partial charge in [0.15, 0.2) is 0 Å². The summed E-state index contributed by atoms with van der Waals surface area (Å²) in [5.41, 5.74) is 0.904. The highest BCUT2D eigenvalue weighted by Gasteiger charge is 2.37. The number of fused-ring (bicyclic) bond motifs is 1. The maximum absolute atomic E-state index is 14.1. The average Bonchev–Trinajstić information content (AvgIpc) is 2.89. The van der Waals surface area contributed by atoms with Gasteiger partial charge in [0.2, 0.25) is 5.91 Å². The number of hydrogen-bond donors (Lipinski definition) is 0. The minimum absolute atomic E-state index is 0.261. The summed E-state index contributed by atoms with van der Waals surface area (Å²) in [6.45, 7) is 0.436. The van der Waals surface area contributed by atoms with Gasteiger partial charge in [-0.25, -0.2) is 8.78 Å². The van der Waals surface area contributed by atoms with Crippen molar-refractivity contribution >= 4 is 29.5 Å². The van der Waals surface area contributed by atoms with Crippen LogP contribution in [-0.4, -0.2) is 52.9 Å². The molecule has 5 nitrogen and oxygen atoms in total. The quantitative estimate of drug-likeness (QED) is 0.721. The summed E-state index contributed by atoms with van der Waals surface area (Å²) in [4.78, 5) is 40.2. The lowest BCUT2D eigenvalue weighted by atomic mass is 10.1. The zero-order chi connectivity index (χ0) is 20.5. The van der Waals surface area contributed by atoms with Crippen LogP contribution in [0.4, 0.5) is 8.78 Å². The zero-order valence-corrected chi connectivity index (χ0v) is 16.3. The van der Waals surface area contributed by atoms with E-state index in [0.717, 1.165) is 17.0 Å². The topological polar surface area (TPSA) is 57.7 Å². The van der Waals surface area contributed by atoms with Gasteiger partial charge in [-0.1, -0.05) is 12.1 Å². The van der Waals surface area contributed by atoms with Crippen molar-refractivity contribution in [3.8, 4) is 0 Å². The standard InChI is InChI=1S/C21H18F2N2O3S/c22-13-5-6-17(23)16(11-13)18-7-8-24(9-10-29-18)19(26)12-25-20(27)14-3-1-2-4-15(14)21(25)28/h1-6,11,18H,7-10,12H2. The van der Waals surface area contributed by atoms with Gasteiger partial charge in [0.1, 0.15) is 18.2 Å². The van der Waals surface area contributed by atoms with Crippen LogP contribution in [0.15, 0.2) is 42.5 Å². The highest BCUT2D eigenvalue weighted by molar-refractivity contribution is 7.99. The molecule has 2 aromatic carbocycles. The number of carbonyl (C=O) groups excluding carboxylic acids is 3. The molecule has 3 amide bonds. The molecule has 0 radical (unpaired) electrons. The second-order valence-electron chi connectivity index (χ2n) is 6.94. The fourth-order valence-electron chi connectivity index (χ4n) is 3.65. The van der Waals surface area contributed by atoms with Gasteiger partial charge in [0.05, 0.1) is 11.1 Å². The maximum atomic E-state index is 14.1. The van der Waals surface area contributed by atoms with Crippen LogP contribution in [-0.2, 0) is 4.79 Å². The van der Waals surface area contributed by atoms with Gasteiger partial charge in [0.25, 0.3) is 11.8 Å². The molecule has 2 aliphatic heterocycles. The Balaban J connectivity index is 1.42. The lowest BCUT2D eigenvalue weighted by Crippen LogP contribution is -2.43. The van der Waals surface area contributed by atoms with Crippen LogP contribution in [0.2, 0.25) is 0 Å². The molecule has 2 aliphatic rings. The summed E-state index contributed by atoms with van der Waals surface area (Å²) in [5.74, 6) is -1.68. The maximum Gasteiger partial charge on any atom is 0.262 e. The molecule has 2 heterocycles. The number of imide groups is 1. The summed E-state index contributed by atoms with van der Waals surface area (Å²) in [5, 5.41) is -0.261. The summed E-state index contributed by atoms with van der Waals surface area (Å²) >= 11 is 1.47. The van der Waals surface area contributed by atoms with Crippen LogP contribution >= 0.6 is 11.8 Å².